The van der Waals surface area contributed by atoms with E-state index in [1.54, 1.807) is 18.2 Å². The normalized spacial score (nSPS) is 15.5. The maximum Gasteiger partial charge on any atom is 0.242 e. The molecule has 0 spiro atoms. The zero-order chi connectivity index (χ0) is 22.6. The number of anilines is 1. The van der Waals surface area contributed by atoms with Crippen LogP contribution in [0.1, 0.15) is 0 Å². The minimum atomic E-state index is -0.113. The lowest BCUT2D eigenvalue weighted by Crippen LogP contribution is -2.42. The summed E-state index contributed by atoms with van der Waals surface area (Å²) < 4.78 is 18.4. The second-order valence-corrected chi connectivity index (χ2v) is 8.84. The average Bonchev–Trinajstić information content (AvgIpc) is 3.20. The first-order chi connectivity index (χ1) is 16.2. The highest BCUT2D eigenvalue weighted by Crippen LogP contribution is 2.33. The number of benzene rings is 2. The first kappa shape index (κ1) is 21.7. The highest BCUT2D eigenvalue weighted by Gasteiger charge is 2.19. The Morgan fingerprint density at radius 2 is 1.76 bits per heavy atom. The van der Waals surface area contributed by atoms with E-state index in [2.05, 4.69) is 5.32 Å². The van der Waals surface area contributed by atoms with E-state index in [9.17, 15) is 9.59 Å². The summed E-state index contributed by atoms with van der Waals surface area (Å²) in [6, 6.07) is 13.3. The zero-order valence-corrected chi connectivity index (χ0v) is 18.9. The number of morpholine rings is 1. The Labute approximate surface area is 195 Å². The number of hydrogen-bond acceptors (Lipinski definition) is 6. The Balaban J connectivity index is 1.25. The first-order valence-electron chi connectivity index (χ1n) is 10.9. The predicted octanol–water partition coefficient (Wildman–Crippen LogP) is 3.00. The van der Waals surface area contributed by atoms with Crippen LogP contribution < -0.4 is 14.8 Å². The Kier molecular flexibility index (Phi) is 6.41. The van der Waals surface area contributed by atoms with Gasteiger partial charge in [-0.15, -0.1) is 11.8 Å². The molecule has 2 aliphatic rings. The fraction of sp³-hybridized carbons (Fsp3) is 0.333. The summed E-state index contributed by atoms with van der Waals surface area (Å²) in [5.41, 5.74) is 1.65. The average molecular weight is 468 g/mol. The van der Waals surface area contributed by atoms with Crippen LogP contribution in [0.15, 0.2) is 53.6 Å². The molecule has 1 aromatic heterocycles. The molecule has 0 unspecified atom stereocenters. The van der Waals surface area contributed by atoms with Crippen LogP contribution in [0.25, 0.3) is 10.9 Å². The monoisotopic (exact) mass is 467 g/mol. The number of nitrogens with one attached hydrogen (secondary N) is 1. The molecular weight excluding hydrogens is 442 g/mol. The van der Waals surface area contributed by atoms with Gasteiger partial charge in [0.05, 0.1) is 19.0 Å². The van der Waals surface area contributed by atoms with Crippen molar-refractivity contribution in [2.45, 2.75) is 11.4 Å². The summed E-state index contributed by atoms with van der Waals surface area (Å²) in [6.45, 7) is 3.71. The summed E-state index contributed by atoms with van der Waals surface area (Å²) in [4.78, 5) is 28.2. The van der Waals surface area contributed by atoms with E-state index in [0.29, 0.717) is 56.7 Å². The van der Waals surface area contributed by atoms with E-state index in [1.165, 1.54) is 11.8 Å². The highest BCUT2D eigenvalue weighted by atomic mass is 32.2. The van der Waals surface area contributed by atoms with Crippen LogP contribution >= 0.6 is 11.8 Å². The molecule has 8 nitrogen and oxygen atoms in total. The quantitative estimate of drug-likeness (QED) is 0.562. The van der Waals surface area contributed by atoms with Gasteiger partial charge in [-0.3, -0.25) is 9.59 Å². The number of carbonyl (C=O) groups excluding carboxylic acids is 2. The van der Waals surface area contributed by atoms with Gasteiger partial charge in [-0.2, -0.15) is 0 Å². The number of para-hydroxylation sites is 1. The summed E-state index contributed by atoms with van der Waals surface area (Å²) >= 11 is 1.46. The molecule has 0 bridgehead atoms. The van der Waals surface area contributed by atoms with Gasteiger partial charge < -0.3 is 29.0 Å². The number of carbonyl (C=O) groups is 2. The molecule has 1 fully saturated rings. The SMILES string of the molecule is O=C(CSc1cn(CC(=O)N2CCOCC2)c2ccccc12)Nc1ccc2c(c1)OCCO2. The number of nitrogens with zero attached hydrogens (tertiary/aromatic N) is 2. The third kappa shape index (κ3) is 4.94. The van der Waals surface area contributed by atoms with Gasteiger partial charge in [0.1, 0.15) is 19.8 Å². The highest BCUT2D eigenvalue weighted by molar-refractivity contribution is 8.00. The number of fused-ring (bicyclic) bond motifs is 2. The lowest BCUT2D eigenvalue weighted by molar-refractivity contribution is -0.135. The zero-order valence-electron chi connectivity index (χ0n) is 18.1. The molecule has 5 rings (SSSR count). The predicted molar refractivity (Wildman–Crippen MR) is 126 cm³/mol. The van der Waals surface area contributed by atoms with Crippen molar-refractivity contribution in [2.75, 3.05) is 50.6 Å². The molecule has 172 valence electrons. The molecule has 2 aliphatic heterocycles. The smallest absolute Gasteiger partial charge is 0.242 e. The van der Waals surface area contributed by atoms with Crippen molar-refractivity contribution in [1.29, 1.82) is 0 Å². The lowest BCUT2D eigenvalue weighted by atomic mass is 10.2. The Hall–Kier alpha value is -3.17. The van der Waals surface area contributed by atoms with Crippen molar-refractivity contribution in [1.82, 2.24) is 9.47 Å². The summed E-state index contributed by atoms with van der Waals surface area (Å²) in [5.74, 6) is 1.54. The number of thioether (sulfide) groups is 1. The Morgan fingerprint density at radius 1 is 0.970 bits per heavy atom. The van der Waals surface area contributed by atoms with Gasteiger partial charge in [-0.25, -0.2) is 0 Å². The molecular formula is C24H25N3O5S. The van der Waals surface area contributed by atoms with Crippen LogP contribution in [0.4, 0.5) is 5.69 Å². The van der Waals surface area contributed by atoms with Crippen molar-refractivity contribution in [3.63, 3.8) is 0 Å². The van der Waals surface area contributed by atoms with Crippen molar-refractivity contribution < 1.29 is 23.8 Å². The summed E-state index contributed by atoms with van der Waals surface area (Å²) in [7, 11) is 0. The van der Waals surface area contributed by atoms with E-state index >= 15 is 0 Å². The van der Waals surface area contributed by atoms with Crippen LogP contribution in [0.3, 0.4) is 0 Å². The molecule has 0 atom stereocenters. The minimum absolute atomic E-state index is 0.0759. The van der Waals surface area contributed by atoms with Gasteiger partial charge in [0.25, 0.3) is 0 Å². The number of ether oxygens (including phenoxy) is 3. The van der Waals surface area contributed by atoms with Gasteiger partial charge in [0.15, 0.2) is 11.5 Å². The Morgan fingerprint density at radius 3 is 2.61 bits per heavy atom. The fourth-order valence-electron chi connectivity index (χ4n) is 3.98. The van der Waals surface area contributed by atoms with E-state index in [-0.39, 0.29) is 24.1 Å². The fourth-order valence-corrected chi connectivity index (χ4v) is 4.87. The number of amides is 2. The molecule has 3 aromatic rings. The number of aromatic nitrogens is 1. The van der Waals surface area contributed by atoms with Crippen LogP contribution in [0, 0.1) is 0 Å². The van der Waals surface area contributed by atoms with Gasteiger partial charge >= 0.3 is 0 Å². The maximum atomic E-state index is 12.8. The van der Waals surface area contributed by atoms with Crippen LogP contribution in [-0.4, -0.2) is 66.6 Å². The minimum Gasteiger partial charge on any atom is -0.486 e. The van der Waals surface area contributed by atoms with E-state index in [1.807, 2.05) is 39.9 Å². The standard InChI is InChI=1S/C24H25N3O5S/c28-23(25-17-5-6-20-21(13-17)32-12-11-31-20)16-33-22-14-27(19-4-2-1-3-18(19)22)15-24(29)26-7-9-30-10-8-26/h1-6,13-14H,7-12,15-16H2,(H,25,28). The number of rotatable bonds is 6. The van der Waals surface area contributed by atoms with Crippen LogP contribution in [-0.2, 0) is 20.9 Å². The second-order valence-electron chi connectivity index (χ2n) is 7.83. The third-order valence-electron chi connectivity index (χ3n) is 5.61. The topological polar surface area (TPSA) is 82.0 Å². The second kappa shape index (κ2) is 9.76. The van der Waals surface area contributed by atoms with Gasteiger partial charge in [-0.05, 0) is 18.2 Å². The van der Waals surface area contributed by atoms with E-state index in [0.717, 1.165) is 15.8 Å². The maximum absolute atomic E-state index is 12.8. The Bertz CT molecular complexity index is 1170. The summed E-state index contributed by atoms with van der Waals surface area (Å²) in [5, 5.41) is 3.95. The lowest BCUT2D eigenvalue weighted by Gasteiger charge is -2.27. The first-order valence-corrected chi connectivity index (χ1v) is 11.9. The molecule has 0 aliphatic carbocycles. The van der Waals surface area contributed by atoms with Crippen molar-refractivity contribution in [3.8, 4) is 11.5 Å². The van der Waals surface area contributed by atoms with Gasteiger partial charge in [-0.1, -0.05) is 18.2 Å². The molecule has 1 saturated heterocycles. The molecule has 0 radical (unpaired) electrons. The molecule has 0 saturated carbocycles. The summed E-state index contributed by atoms with van der Waals surface area (Å²) in [6.07, 6.45) is 1.96. The van der Waals surface area contributed by atoms with Crippen molar-refractivity contribution >= 4 is 40.2 Å². The van der Waals surface area contributed by atoms with E-state index in [4.69, 9.17) is 14.2 Å². The van der Waals surface area contributed by atoms with Crippen LogP contribution in [0.5, 0.6) is 11.5 Å². The molecule has 2 aromatic carbocycles. The number of hydrogen-bond donors (Lipinski definition) is 1. The van der Waals surface area contributed by atoms with Crippen molar-refractivity contribution in [3.05, 3.63) is 48.7 Å². The largest absolute Gasteiger partial charge is 0.486 e. The van der Waals surface area contributed by atoms with Gasteiger partial charge in [0, 0.05) is 46.8 Å². The van der Waals surface area contributed by atoms with Gasteiger partial charge in [0.2, 0.25) is 11.8 Å². The molecule has 9 heteroatoms. The molecule has 3 heterocycles. The van der Waals surface area contributed by atoms with Crippen LogP contribution in [0.2, 0.25) is 0 Å². The molecule has 1 N–H and O–H groups in total. The van der Waals surface area contributed by atoms with E-state index < -0.39 is 0 Å². The molecule has 2 amide bonds. The van der Waals surface area contributed by atoms with Crippen molar-refractivity contribution in [2.24, 2.45) is 0 Å². The third-order valence-corrected chi connectivity index (χ3v) is 6.65. The molecule has 33 heavy (non-hydrogen) atoms.